The van der Waals surface area contributed by atoms with Crippen LogP contribution in [-0.2, 0) is 4.79 Å². The molecule has 109 valence electrons. The lowest BCUT2D eigenvalue weighted by Crippen LogP contribution is -2.47. The number of methoxy groups -OCH3 is 1. The van der Waals surface area contributed by atoms with Gasteiger partial charge in [-0.1, -0.05) is 0 Å². The van der Waals surface area contributed by atoms with Gasteiger partial charge in [-0.15, -0.1) is 0 Å². The molecular formula is C16H16NO4. The van der Waals surface area contributed by atoms with E-state index >= 15 is 0 Å². The number of ether oxygens (including phenoxy) is 1. The van der Waals surface area contributed by atoms with Gasteiger partial charge in [0.15, 0.2) is 0 Å². The lowest BCUT2D eigenvalue weighted by Gasteiger charge is -2.33. The number of carbonyl (C=O) groups is 2. The van der Waals surface area contributed by atoms with E-state index in [0.717, 1.165) is 12.8 Å². The minimum Gasteiger partial charge on any atom is -0.495 e. The third-order valence-electron chi connectivity index (χ3n) is 3.63. The van der Waals surface area contributed by atoms with Crippen molar-refractivity contribution < 1.29 is 19.4 Å². The Morgan fingerprint density at radius 2 is 2.19 bits per heavy atom. The Hall–Kier alpha value is -2.48. The third kappa shape index (κ3) is 3.00. The van der Waals surface area contributed by atoms with Crippen LogP contribution in [0.3, 0.4) is 0 Å². The number of benzene rings is 1. The van der Waals surface area contributed by atoms with E-state index in [9.17, 15) is 14.7 Å². The molecule has 0 spiro atoms. The molecule has 1 aromatic rings. The Kier molecular flexibility index (Phi) is 4.49. The van der Waals surface area contributed by atoms with Crippen molar-refractivity contribution in [2.24, 2.45) is 0 Å². The Bertz CT molecular complexity index is 603. The molecule has 1 unspecified atom stereocenters. The Balaban J connectivity index is 2.30. The van der Waals surface area contributed by atoms with E-state index in [2.05, 4.69) is 5.92 Å². The van der Waals surface area contributed by atoms with Gasteiger partial charge in [-0.2, -0.15) is 0 Å². The van der Waals surface area contributed by atoms with Gasteiger partial charge in [0.2, 0.25) is 0 Å². The standard InChI is InChI=1S/C16H16NO4/c1-3-11-7-8-12(10-14(11)21-2)15(18)17-9-5-4-6-13(17)16(19)20/h7-8,10,13H,4-6,9H2,2H3,(H,19,20). The van der Waals surface area contributed by atoms with Crippen molar-refractivity contribution in [2.45, 2.75) is 25.3 Å². The largest absolute Gasteiger partial charge is 0.495 e. The molecule has 5 heteroatoms. The third-order valence-corrected chi connectivity index (χ3v) is 3.63. The molecule has 1 radical (unpaired) electrons. The van der Waals surface area contributed by atoms with Crippen LogP contribution in [0, 0.1) is 12.3 Å². The summed E-state index contributed by atoms with van der Waals surface area (Å²) in [5, 5.41) is 9.23. The highest BCUT2D eigenvalue weighted by atomic mass is 16.5. The predicted octanol–water partition coefficient (Wildman–Crippen LogP) is 1.71. The average molecular weight is 286 g/mol. The van der Waals surface area contributed by atoms with Crippen LogP contribution in [0.5, 0.6) is 5.75 Å². The van der Waals surface area contributed by atoms with Gasteiger partial charge >= 0.3 is 5.97 Å². The molecule has 0 saturated carbocycles. The minimum absolute atomic E-state index is 0.322. The van der Waals surface area contributed by atoms with Crippen LogP contribution in [0.2, 0.25) is 0 Å². The van der Waals surface area contributed by atoms with Gasteiger partial charge in [-0.3, -0.25) is 4.79 Å². The number of hydrogen-bond donors (Lipinski definition) is 1. The molecule has 1 fully saturated rings. The maximum atomic E-state index is 12.5. The van der Waals surface area contributed by atoms with Gasteiger partial charge in [0, 0.05) is 12.1 Å². The first-order chi connectivity index (χ1) is 10.1. The summed E-state index contributed by atoms with van der Waals surface area (Å²) >= 11 is 0. The number of carboxylic acid groups (broad SMARTS) is 1. The maximum absolute atomic E-state index is 12.5. The van der Waals surface area contributed by atoms with Gasteiger partial charge in [0.1, 0.15) is 11.8 Å². The molecule has 5 nitrogen and oxygen atoms in total. The lowest BCUT2D eigenvalue weighted by molar-refractivity contribution is -0.143. The average Bonchev–Trinajstić information content (AvgIpc) is 2.53. The summed E-state index contributed by atoms with van der Waals surface area (Å²) in [6, 6.07) is 3.88. The van der Waals surface area contributed by atoms with E-state index in [0.29, 0.717) is 29.8 Å². The fraction of sp³-hybridized carbons (Fsp3) is 0.375. The first kappa shape index (κ1) is 14.9. The molecule has 0 bridgehead atoms. The summed E-state index contributed by atoms with van der Waals surface area (Å²) in [6.07, 6.45) is 9.24. The number of aliphatic carboxylic acids is 1. The SMILES string of the molecule is [C]#Cc1ccc(C(=O)N2CCCCC2C(=O)O)cc1OC. The van der Waals surface area contributed by atoms with Gasteiger partial charge in [-0.25, -0.2) is 4.79 Å². The van der Waals surface area contributed by atoms with E-state index < -0.39 is 12.0 Å². The van der Waals surface area contributed by atoms with Crippen LogP contribution in [0.15, 0.2) is 18.2 Å². The van der Waals surface area contributed by atoms with Crippen molar-refractivity contribution >= 4 is 11.9 Å². The zero-order valence-corrected chi connectivity index (χ0v) is 11.8. The van der Waals surface area contributed by atoms with Gasteiger partial charge in [0.05, 0.1) is 12.7 Å². The molecule has 1 aliphatic heterocycles. The number of rotatable bonds is 3. The van der Waals surface area contributed by atoms with E-state index in [1.165, 1.54) is 18.1 Å². The molecule has 21 heavy (non-hydrogen) atoms. The monoisotopic (exact) mass is 286 g/mol. The maximum Gasteiger partial charge on any atom is 0.326 e. The second-order valence-corrected chi connectivity index (χ2v) is 4.89. The van der Waals surface area contributed by atoms with E-state index in [-0.39, 0.29) is 5.91 Å². The molecule has 1 heterocycles. The zero-order valence-electron chi connectivity index (χ0n) is 11.8. The summed E-state index contributed by atoms with van der Waals surface area (Å²) in [4.78, 5) is 25.2. The predicted molar refractivity (Wildman–Crippen MR) is 75.5 cm³/mol. The molecule has 1 N–H and O–H groups in total. The minimum atomic E-state index is -0.973. The van der Waals surface area contributed by atoms with Gasteiger partial charge in [0.25, 0.3) is 5.91 Å². The van der Waals surface area contributed by atoms with Gasteiger partial charge in [-0.05, 0) is 49.8 Å². The molecule has 1 amide bonds. The summed E-state index contributed by atoms with van der Waals surface area (Å²) < 4.78 is 5.12. The van der Waals surface area contributed by atoms with Crippen LogP contribution in [0.4, 0.5) is 0 Å². The number of hydrogen-bond acceptors (Lipinski definition) is 3. The van der Waals surface area contributed by atoms with Crippen LogP contribution >= 0.6 is 0 Å². The summed E-state index contributed by atoms with van der Waals surface area (Å²) in [5.74, 6) is 1.30. The number of piperidine rings is 1. The lowest BCUT2D eigenvalue weighted by atomic mass is 10.0. The summed E-state index contributed by atoms with van der Waals surface area (Å²) in [5.41, 5.74) is 0.807. The highest BCUT2D eigenvalue weighted by Crippen LogP contribution is 2.24. The van der Waals surface area contributed by atoms with Crippen molar-refractivity contribution in [3.63, 3.8) is 0 Å². The normalized spacial score (nSPS) is 17.9. The van der Waals surface area contributed by atoms with Gasteiger partial charge < -0.3 is 14.7 Å². The first-order valence-corrected chi connectivity index (χ1v) is 6.73. The van der Waals surface area contributed by atoms with Crippen LogP contribution < -0.4 is 4.74 Å². The molecule has 1 aromatic carbocycles. The second kappa shape index (κ2) is 6.31. The van der Waals surface area contributed by atoms with Crippen LogP contribution in [0.1, 0.15) is 35.2 Å². The van der Waals surface area contributed by atoms with Crippen LogP contribution in [-0.4, -0.2) is 41.6 Å². The molecular weight excluding hydrogens is 270 g/mol. The Morgan fingerprint density at radius 3 is 2.81 bits per heavy atom. The smallest absolute Gasteiger partial charge is 0.326 e. The fourth-order valence-corrected chi connectivity index (χ4v) is 2.52. The van der Waals surface area contributed by atoms with E-state index in [1.807, 2.05) is 0 Å². The fourth-order valence-electron chi connectivity index (χ4n) is 2.52. The highest BCUT2D eigenvalue weighted by molar-refractivity contribution is 5.97. The quantitative estimate of drug-likeness (QED) is 0.859. The molecule has 1 atom stereocenters. The first-order valence-electron chi connectivity index (χ1n) is 6.73. The van der Waals surface area contributed by atoms with Crippen molar-refractivity contribution in [3.8, 4) is 11.7 Å². The Labute approximate surface area is 123 Å². The van der Waals surface area contributed by atoms with E-state index in [1.54, 1.807) is 12.1 Å². The molecule has 1 saturated heterocycles. The van der Waals surface area contributed by atoms with Crippen LogP contribution in [0.25, 0.3) is 0 Å². The van der Waals surface area contributed by atoms with Crippen molar-refractivity contribution in [1.82, 2.24) is 4.90 Å². The Morgan fingerprint density at radius 1 is 1.43 bits per heavy atom. The number of carbonyl (C=O) groups excluding carboxylic acids is 1. The zero-order chi connectivity index (χ0) is 15.4. The van der Waals surface area contributed by atoms with Crippen molar-refractivity contribution in [1.29, 1.82) is 0 Å². The summed E-state index contributed by atoms with van der Waals surface area (Å²) in [6.45, 7) is 0.441. The molecule has 0 aromatic heterocycles. The highest BCUT2D eigenvalue weighted by Gasteiger charge is 2.32. The number of likely N-dealkylation sites (tertiary alicyclic amines) is 1. The molecule has 2 rings (SSSR count). The molecule has 1 aliphatic rings. The second-order valence-electron chi connectivity index (χ2n) is 4.89. The number of amides is 1. The topological polar surface area (TPSA) is 66.8 Å². The molecule has 0 aliphatic carbocycles. The number of carboxylic acids is 1. The summed E-state index contributed by atoms with van der Waals surface area (Å²) in [7, 11) is 1.45. The van der Waals surface area contributed by atoms with Crippen molar-refractivity contribution in [3.05, 3.63) is 35.7 Å². The van der Waals surface area contributed by atoms with Crippen molar-refractivity contribution in [2.75, 3.05) is 13.7 Å². The number of nitrogens with zero attached hydrogens (tertiary/aromatic N) is 1. The van der Waals surface area contributed by atoms with E-state index in [4.69, 9.17) is 11.2 Å².